The lowest BCUT2D eigenvalue weighted by Crippen LogP contribution is -2.45. The summed E-state index contributed by atoms with van der Waals surface area (Å²) in [5, 5.41) is 11.5. The summed E-state index contributed by atoms with van der Waals surface area (Å²) in [4.78, 5) is 26.1. The highest BCUT2D eigenvalue weighted by Crippen LogP contribution is 2.53. The number of carboxylic acids is 1. The van der Waals surface area contributed by atoms with Gasteiger partial charge in [0.2, 0.25) is 5.91 Å². The van der Waals surface area contributed by atoms with Crippen molar-refractivity contribution in [3.05, 3.63) is 46.5 Å². The van der Waals surface area contributed by atoms with E-state index in [9.17, 15) is 14.7 Å². The van der Waals surface area contributed by atoms with E-state index in [2.05, 4.69) is 15.9 Å². The monoisotopic (exact) mass is 376 g/mol. The minimum atomic E-state index is -1.21. The summed E-state index contributed by atoms with van der Waals surface area (Å²) < 4.78 is 6.83. The van der Waals surface area contributed by atoms with E-state index in [0.717, 1.165) is 10.0 Å². The van der Waals surface area contributed by atoms with Crippen LogP contribution in [0.5, 0.6) is 0 Å². The summed E-state index contributed by atoms with van der Waals surface area (Å²) in [7, 11) is 0. The molecule has 1 aromatic rings. The molecule has 120 valence electrons. The predicted octanol–water partition coefficient (Wildman–Crippen LogP) is 1.04. The van der Waals surface area contributed by atoms with Gasteiger partial charge in [0.1, 0.15) is 5.60 Å². The molecule has 2 saturated heterocycles. The molecular weight excluding hydrogens is 362 g/mol. The van der Waals surface area contributed by atoms with Gasteiger partial charge in [-0.05, 0) is 24.6 Å². The molecule has 5 atom stereocenters. The minimum absolute atomic E-state index is 0.144. The molecule has 3 aliphatic rings. The largest absolute Gasteiger partial charge is 0.550 e. The van der Waals surface area contributed by atoms with E-state index >= 15 is 0 Å². The van der Waals surface area contributed by atoms with E-state index in [1.54, 1.807) is 11.0 Å². The molecular formula is C17H15BrNO4-. The molecule has 6 heteroatoms. The number of halogens is 1. The second kappa shape index (κ2) is 4.92. The van der Waals surface area contributed by atoms with Crippen molar-refractivity contribution in [2.24, 2.45) is 11.8 Å². The smallest absolute Gasteiger partial charge is 0.230 e. The second-order valence-corrected chi connectivity index (χ2v) is 7.33. The molecule has 4 rings (SSSR count). The van der Waals surface area contributed by atoms with Crippen LogP contribution in [-0.4, -0.2) is 35.0 Å². The maximum atomic E-state index is 12.9. The van der Waals surface area contributed by atoms with Crippen LogP contribution >= 0.6 is 15.9 Å². The Morgan fingerprint density at radius 2 is 2.13 bits per heavy atom. The number of rotatable bonds is 3. The quantitative estimate of drug-likeness (QED) is 0.739. The van der Waals surface area contributed by atoms with Gasteiger partial charge in [0, 0.05) is 16.4 Å². The number of aliphatic carboxylic acids is 1. The first-order chi connectivity index (χ1) is 10.9. The normalized spacial score (nSPS) is 35.7. The van der Waals surface area contributed by atoms with Crippen LogP contribution < -0.4 is 5.11 Å². The Morgan fingerprint density at radius 3 is 2.78 bits per heavy atom. The Kier molecular flexibility index (Phi) is 3.19. The molecule has 5 nitrogen and oxygen atoms in total. The molecule has 1 amide bonds. The Balaban J connectivity index is 1.66. The third-order valence-electron chi connectivity index (χ3n) is 5.22. The molecule has 0 aromatic heterocycles. The zero-order valence-corrected chi connectivity index (χ0v) is 14.0. The Bertz CT molecular complexity index is 716. The number of ether oxygens (including phenoxy) is 1. The van der Waals surface area contributed by atoms with Gasteiger partial charge in [0.15, 0.2) is 0 Å². The summed E-state index contributed by atoms with van der Waals surface area (Å²) in [5.41, 5.74) is 0.192. The van der Waals surface area contributed by atoms with Crippen molar-refractivity contribution in [1.82, 2.24) is 4.90 Å². The van der Waals surface area contributed by atoms with Crippen LogP contribution in [0.3, 0.4) is 0 Å². The minimum Gasteiger partial charge on any atom is -0.550 e. The number of benzene rings is 1. The van der Waals surface area contributed by atoms with Crippen molar-refractivity contribution < 1.29 is 19.4 Å². The molecule has 1 aromatic carbocycles. The Hall–Kier alpha value is -1.66. The van der Waals surface area contributed by atoms with Gasteiger partial charge in [-0.25, -0.2) is 0 Å². The van der Waals surface area contributed by atoms with Gasteiger partial charge in [-0.1, -0.05) is 40.2 Å². The summed E-state index contributed by atoms with van der Waals surface area (Å²) in [6, 6.07) is 7.62. The molecule has 3 aliphatic heterocycles. The van der Waals surface area contributed by atoms with Crippen molar-refractivity contribution in [2.45, 2.75) is 24.7 Å². The second-order valence-electron chi connectivity index (χ2n) is 6.41. The number of hydrogen-bond donors (Lipinski definition) is 0. The Morgan fingerprint density at radius 1 is 1.43 bits per heavy atom. The lowest BCUT2D eigenvalue weighted by molar-refractivity contribution is -0.313. The van der Waals surface area contributed by atoms with Crippen molar-refractivity contribution in [2.75, 3.05) is 6.54 Å². The third kappa shape index (κ3) is 2.01. The van der Waals surface area contributed by atoms with Gasteiger partial charge >= 0.3 is 0 Å². The number of carboxylic acid groups (broad SMARTS) is 1. The van der Waals surface area contributed by atoms with Gasteiger partial charge in [0.25, 0.3) is 0 Å². The van der Waals surface area contributed by atoms with Gasteiger partial charge in [-0.2, -0.15) is 0 Å². The van der Waals surface area contributed by atoms with Crippen molar-refractivity contribution in [3.8, 4) is 0 Å². The number of amides is 1. The van der Waals surface area contributed by atoms with Gasteiger partial charge in [0.05, 0.1) is 24.6 Å². The van der Waals surface area contributed by atoms with Crippen molar-refractivity contribution in [3.63, 3.8) is 0 Å². The molecule has 2 bridgehead atoms. The highest BCUT2D eigenvalue weighted by atomic mass is 79.9. The standard InChI is InChI=1S/C17H16BrNO4/c1-9(10-2-4-11(18)5-3-10)19-8-17-7-6-12(23-17)13(16(21)22)14(17)15(19)20/h2-7,9,12-14H,8H2,1H3,(H,21,22)/p-1/t9-,12-,13+,14+,17-/m0/s1. The van der Waals surface area contributed by atoms with Crippen LogP contribution in [0.4, 0.5) is 0 Å². The molecule has 0 N–H and O–H groups in total. The van der Waals surface area contributed by atoms with Crippen molar-refractivity contribution in [1.29, 1.82) is 0 Å². The van der Waals surface area contributed by atoms with Crippen LogP contribution in [0.1, 0.15) is 18.5 Å². The molecule has 1 spiro atoms. The summed E-state index contributed by atoms with van der Waals surface area (Å²) >= 11 is 3.40. The molecule has 3 heterocycles. The van der Waals surface area contributed by atoms with E-state index < -0.39 is 29.5 Å². The average Bonchev–Trinajstić information content (AvgIpc) is 3.15. The zero-order valence-electron chi connectivity index (χ0n) is 12.4. The van der Waals surface area contributed by atoms with E-state index in [0.29, 0.717) is 6.54 Å². The summed E-state index contributed by atoms with van der Waals surface area (Å²) in [6.07, 6.45) is 3.06. The van der Waals surface area contributed by atoms with E-state index in [-0.39, 0.29) is 11.9 Å². The van der Waals surface area contributed by atoms with Gasteiger partial charge < -0.3 is 19.5 Å². The highest BCUT2D eigenvalue weighted by molar-refractivity contribution is 9.10. The SMILES string of the molecule is C[C@@H](c1ccc(Br)cc1)N1C[C@]23C=C[C@H](O2)[C@@H](C(=O)[O-])[C@@H]3C1=O. The van der Waals surface area contributed by atoms with Gasteiger partial charge in [-0.3, -0.25) is 4.79 Å². The number of fused-ring (bicyclic) bond motifs is 1. The fourth-order valence-electron chi connectivity index (χ4n) is 4.05. The van der Waals surface area contributed by atoms with E-state index in [1.807, 2.05) is 37.3 Å². The maximum Gasteiger partial charge on any atom is 0.230 e. The average molecular weight is 377 g/mol. The van der Waals surface area contributed by atoms with E-state index in [1.165, 1.54) is 0 Å². The number of carbonyl (C=O) groups excluding carboxylic acids is 2. The van der Waals surface area contributed by atoms with E-state index in [4.69, 9.17) is 4.74 Å². The number of likely N-dealkylation sites (tertiary alicyclic amines) is 1. The topological polar surface area (TPSA) is 69.7 Å². The molecule has 2 fully saturated rings. The predicted molar refractivity (Wildman–Crippen MR) is 83.0 cm³/mol. The van der Waals surface area contributed by atoms with Gasteiger partial charge in [-0.15, -0.1) is 0 Å². The Labute approximate surface area is 142 Å². The molecule has 0 radical (unpaired) electrons. The number of hydrogen-bond acceptors (Lipinski definition) is 4. The van der Waals surface area contributed by atoms with Crippen LogP contribution in [0.2, 0.25) is 0 Å². The summed E-state index contributed by atoms with van der Waals surface area (Å²) in [6.45, 7) is 2.33. The van der Waals surface area contributed by atoms with Crippen LogP contribution in [0.15, 0.2) is 40.9 Å². The van der Waals surface area contributed by atoms with Crippen LogP contribution in [-0.2, 0) is 14.3 Å². The zero-order chi connectivity index (χ0) is 16.4. The first-order valence-electron chi connectivity index (χ1n) is 7.57. The highest BCUT2D eigenvalue weighted by Gasteiger charge is 2.65. The first-order valence-corrected chi connectivity index (χ1v) is 8.36. The molecule has 0 saturated carbocycles. The lowest BCUT2D eigenvalue weighted by atomic mass is 9.77. The first kappa shape index (κ1) is 14.9. The molecule has 23 heavy (non-hydrogen) atoms. The van der Waals surface area contributed by atoms with Crippen molar-refractivity contribution >= 4 is 27.8 Å². The fraction of sp³-hybridized carbons (Fsp3) is 0.412. The molecule has 0 aliphatic carbocycles. The summed E-state index contributed by atoms with van der Waals surface area (Å²) in [5.74, 6) is -2.95. The van der Waals surface area contributed by atoms with Crippen LogP contribution in [0, 0.1) is 11.8 Å². The molecule has 0 unspecified atom stereocenters. The number of carbonyl (C=O) groups is 2. The van der Waals surface area contributed by atoms with Crippen LogP contribution in [0.25, 0.3) is 0 Å². The third-order valence-corrected chi connectivity index (χ3v) is 5.75. The lowest BCUT2D eigenvalue weighted by Gasteiger charge is -2.28. The fourth-order valence-corrected chi connectivity index (χ4v) is 4.31. The number of nitrogens with zero attached hydrogens (tertiary/aromatic N) is 1. The maximum absolute atomic E-state index is 12.9.